The van der Waals surface area contributed by atoms with Gasteiger partial charge in [-0.1, -0.05) is 23.2 Å². The maximum Gasteiger partial charge on any atom is 0.163 e. The largest absolute Gasteiger partial charge is 0.495 e. The summed E-state index contributed by atoms with van der Waals surface area (Å²) in [6.07, 6.45) is 3.31. The van der Waals surface area contributed by atoms with Crippen LogP contribution in [-0.2, 0) is 0 Å². The van der Waals surface area contributed by atoms with Crippen molar-refractivity contribution in [1.29, 1.82) is 5.26 Å². The third-order valence-corrected chi connectivity index (χ3v) is 7.02. The molecular formula is C27H31Cl2N5O3. The molecule has 37 heavy (non-hydrogen) atoms. The summed E-state index contributed by atoms with van der Waals surface area (Å²) < 4.78 is 32.2. The van der Waals surface area contributed by atoms with Crippen LogP contribution >= 0.6 is 23.2 Å². The second-order valence-electron chi connectivity index (χ2n) is 8.80. The van der Waals surface area contributed by atoms with E-state index in [0.29, 0.717) is 61.7 Å². The third-order valence-electron chi connectivity index (χ3n) is 6.42. The number of anilines is 2. The summed E-state index contributed by atoms with van der Waals surface area (Å²) in [5.41, 5.74) is 2.01. The van der Waals surface area contributed by atoms with Gasteiger partial charge in [-0.25, -0.2) is 0 Å². The molecule has 0 spiro atoms. The monoisotopic (exact) mass is 545 g/mol. The number of nitrogens with one attached hydrogen (secondary N) is 1. The molecule has 1 N–H and O–H groups in total. The Hall–Kier alpha value is -2.96. The number of methoxy groups -OCH3 is 2. The molecule has 1 unspecified atom stereocenters. The molecule has 0 aliphatic carbocycles. The van der Waals surface area contributed by atoms with Crippen molar-refractivity contribution in [1.82, 2.24) is 14.8 Å². The van der Waals surface area contributed by atoms with Crippen molar-refractivity contribution in [2.45, 2.75) is 18.9 Å². The van der Waals surface area contributed by atoms with Crippen LogP contribution in [0, 0.1) is 11.3 Å². The summed E-state index contributed by atoms with van der Waals surface area (Å²) in [5.74, 6) is 1.53. The predicted octanol–water partition coefficient (Wildman–Crippen LogP) is 5.58. The summed E-state index contributed by atoms with van der Waals surface area (Å²) in [7, 11) is 3.41. The van der Waals surface area contributed by atoms with E-state index < -0.39 is 0 Å². The van der Waals surface area contributed by atoms with Crippen molar-refractivity contribution >= 4 is 45.5 Å². The van der Waals surface area contributed by atoms with Crippen LogP contribution in [0.5, 0.6) is 17.2 Å². The SMILES string of the molecule is [2H]CN(C[2H])C1CCN(CCCOc2cc3ncc(C#N)c(Nc4cc(OC)c(Cl)cc4Cl)c3cc2OC)C1. The number of hydrogen-bond donors (Lipinski definition) is 1. The van der Waals surface area contributed by atoms with Crippen molar-refractivity contribution in [3.05, 3.63) is 46.1 Å². The smallest absolute Gasteiger partial charge is 0.163 e. The highest BCUT2D eigenvalue weighted by Crippen LogP contribution is 2.40. The van der Waals surface area contributed by atoms with Crippen molar-refractivity contribution in [3.63, 3.8) is 0 Å². The Morgan fingerprint density at radius 1 is 1.16 bits per heavy atom. The fourth-order valence-electron chi connectivity index (χ4n) is 4.39. The summed E-state index contributed by atoms with van der Waals surface area (Å²) >= 11 is 12.6. The van der Waals surface area contributed by atoms with E-state index in [9.17, 15) is 5.26 Å². The molecule has 3 aromatic rings. The molecule has 2 heterocycles. The zero-order valence-corrected chi connectivity index (χ0v) is 22.4. The van der Waals surface area contributed by atoms with Crippen LogP contribution in [-0.4, -0.2) is 75.3 Å². The number of hydrogen-bond acceptors (Lipinski definition) is 8. The zero-order chi connectivity index (χ0) is 27.9. The van der Waals surface area contributed by atoms with Crippen molar-refractivity contribution < 1.29 is 17.0 Å². The molecule has 2 aromatic carbocycles. The Morgan fingerprint density at radius 2 is 1.97 bits per heavy atom. The molecule has 10 heteroatoms. The third kappa shape index (κ3) is 6.13. The van der Waals surface area contributed by atoms with E-state index in [2.05, 4.69) is 21.3 Å². The molecule has 1 fully saturated rings. The van der Waals surface area contributed by atoms with Gasteiger partial charge in [0.2, 0.25) is 0 Å². The Morgan fingerprint density at radius 3 is 2.70 bits per heavy atom. The number of nitrogens with zero attached hydrogens (tertiary/aromatic N) is 4. The van der Waals surface area contributed by atoms with Crippen LogP contribution in [0.15, 0.2) is 30.5 Å². The number of rotatable bonds is 10. The number of benzene rings is 2. The van der Waals surface area contributed by atoms with Gasteiger partial charge in [-0.2, -0.15) is 5.26 Å². The Bertz CT molecular complexity index is 1350. The number of ether oxygens (including phenoxy) is 3. The number of likely N-dealkylation sites (N-methyl/N-ethyl adjacent to an activating group) is 1. The highest BCUT2D eigenvalue weighted by Gasteiger charge is 2.23. The van der Waals surface area contributed by atoms with E-state index in [1.807, 2.05) is 4.90 Å². The van der Waals surface area contributed by atoms with Gasteiger partial charge in [0.25, 0.3) is 0 Å². The lowest BCUT2D eigenvalue weighted by Gasteiger charge is -2.20. The average molecular weight is 546 g/mol. The van der Waals surface area contributed by atoms with E-state index >= 15 is 0 Å². The first-order chi connectivity index (χ1) is 18.9. The van der Waals surface area contributed by atoms with Crippen molar-refractivity contribution in [2.24, 2.45) is 0 Å². The van der Waals surface area contributed by atoms with Gasteiger partial charge < -0.3 is 29.3 Å². The van der Waals surface area contributed by atoms with Crippen LogP contribution in [0.2, 0.25) is 10.0 Å². The lowest BCUT2D eigenvalue weighted by Crippen LogP contribution is -2.32. The summed E-state index contributed by atoms with van der Waals surface area (Å²) in [4.78, 5) is 8.70. The maximum absolute atomic E-state index is 9.77. The van der Waals surface area contributed by atoms with Crippen molar-refractivity contribution in [3.8, 4) is 23.3 Å². The molecule has 1 aromatic heterocycles. The highest BCUT2D eigenvalue weighted by molar-refractivity contribution is 6.37. The second-order valence-corrected chi connectivity index (χ2v) is 9.62. The fourth-order valence-corrected chi connectivity index (χ4v) is 4.90. The predicted molar refractivity (Wildman–Crippen MR) is 148 cm³/mol. The zero-order valence-electron chi connectivity index (χ0n) is 22.9. The van der Waals surface area contributed by atoms with Gasteiger partial charge in [0, 0.05) is 45.6 Å². The second kappa shape index (κ2) is 12.1. The standard InChI is InChI=1S/C27H31Cl2N5O3/c1-33(2)18-6-8-34(16-18)7-5-9-37-26-12-22-19(10-25(26)36-4)27(17(14-30)15-31-22)32-23-13-24(35-3)21(29)11-20(23)28/h10-13,15,18H,5-9,16H2,1-4H3,(H,31,32)/i1D,2D. The number of pyridine rings is 1. The van der Waals surface area contributed by atoms with Gasteiger partial charge in [-0.15, -0.1) is 0 Å². The minimum atomic E-state index is 0.162. The number of halogens is 2. The lowest BCUT2D eigenvalue weighted by atomic mass is 10.1. The molecule has 1 saturated heterocycles. The Labute approximate surface area is 230 Å². The molecule has 4 rings (SSSR count). The Kier molecular flexibility index (Phi) is 7.94. The van der Waals surface area contributed by atoms with Crippen LogP contribution in [0.3, 0.4) is 0 Å². The summed E-state index contributed by atoms with van der Waals surface area (Å²) in [6.45, 7) is 3.21. The summed E-state index contributed by atoms with van der Waals surface area (Å²) in [6, 6.07) is 9.30. The van der Waals surface area contributed by atoms with Crippen LogP contribution in [0.25, 0.3) is 10.9 Å². The number of fused-ring (bicyclic) bond motifs is 1. The van der Waals surface area contributed by atoms with E-state index in [-0.39, 0.29) is 20.1 Å². The molecule has 1 aliphatic heterocycles. The average Bonchev–Trinajstić information content (AvgIpc) is 3.41. The minimum Gasteiger partial charge on any atom is -0.495 e. The van der Waals surface area contributed by atoms with E-state index in [1.165, 1.54) is 13.3 Å². The topological polar surface area (TPSA) is 82.9 Å². The summed E-state index contributed by atoms with van der Waals surface area (Å²) in [5, 5.41) is 14.4. The van der Waals surface area contributed by atoms with Crippen molar-refractivity contribution in [2.75, 3.05) is 59.8 Å². The molecular weight excluding hydrogens is 513 g/mol. The molecule has 8 nitrogen and oxygen atoms in total. The maximum atomic E-state index is 9.77. The first kappa shape index (κ1) is 24.4. The number of aromatic nitrogens is 1. The minimum absolute atomic E-state index is 0.162. The fraction of sp³-hybridized carbons (Fsp3) is 0.407. The van der Waals surface area contributed by atoms with Gasteiger partial charge in [0.15, 0.2) is 11.5 Å². The quantitative estimate of drug-likeness (QED) is 0.330. The normalized spacial score (nSPS) is 16.4. The van der Waals surface area contributed by atoms with Crippen LogP contribution in [0.1, 0.15) is 21.1 Å². The number of likely N-dealkylation sites (tertiary alicyclic amines) is 1. The molecule has 0 radical (unpaired) electrons. The molecule has 0 amide bonds. The lowest BCUT2D eigenvalue weighted by molar-refractivity contribution is 0.238. The van der Waals surface area contributed by atoms with Gasteiger partial charge >= 0.3 is 0 Å². The molecule has 1 atom stereocenters. The van der Waals surface area contributed by atoms with Crippen LogP contribution in [0.4, 0.5) is 11.4 Å². The van der Waals surface area contributed by atoms with E-state index in [4.69, 9.17) is 40.2 Å². The van der Waals surface area contributed by atoms with E-state index in [1.54, 1.807) is 31.4 Å². The molecule has 196 valence electrons. The van der Waals surface area contributed by atoms with Gasteiger partial charge in [0.05, 0.1) is 53.3 Å². The van der Waals surface area contributed by atoms with Crippen LogP contribution < -0.4 is 19.5 Å². The highest BCUT2D eigenvalue weighted by atomic mass is 35.5. The number of nitriles is 1. The van der Waals surface area contributed by atoms with E-state index in [0.717, 1.165) is 32.5 Å². The molecule has 0 bridgehead atoms. The Balaban J connectivity index is 1.50. The van der Waals surface area contributed by atoms with Gasteiger partial charge in [-0.3, -0.25) is 4.98 Å². The molecule has 0 saturated carbocycles. The first-order valence-corrected chi connectivity index (χ1v) is 12.6. The first-order valence-electron chi connectivity index (χ1n) is 13.2. The van der Waals surface area contributed by atoms with Gasteiger partial charge in [-0.05, 0) is 45.6 Å². The van der Waals surface area contributed by atoms with Gasteiger partial charge in [0.1, 0.15) is 11.8 Å². The molecule has 1 aliphatic rings.